The molecule has 1 amide bonds. The van der Waals surface area contributed by atoms with Crippen molar-refractivity contribution in [2.75, 3.05) is 6.54 Å². The molecule has 0 aliphatic heterocycles. The zero-order valence-corrected chi connectivity index (χ0v) is 7.94. The summed E-state index contributed by atoms with van der Waals surface area (Å²) in [5.74, 6) is 0.916. The van der Waals surface area contributed by atoms with Gasteiger partial charge in [0.2, 0.25) is 0 Å². The Bertz CT molecular complexity index is 398. The van der Waals surface area contributed by atoms with Crippen molar-refractivity contribution in [3.05, 3.63) is 34.6 Å². The summed E-state index contributed by atoms with van der Waals surface area (Å²) in [7, 11) is 0. The molecule has 0 aliphatic carbocycles. The Morgan fingerprint density at radius 1 is 1.64 bits per heavy atom. The van der Waals surface area contributed by atoms with Crippen LogP contribution in [0.5, 0.6) is 0 Å². The van der Waals surface area contributed by atoms with Crippen molar-refractivity contribution in [1.29, 1.82) is 0 Å². The molecule has 0 saturated heterocycles. The van der Waals surface area contributed by atoms with Gasteiger partial charge in [0.05, 0.1) is 17.1 Å². The molecule has 4 heteroatoms. The van der Waals surface area contributed by atoms with Gasteiger partial charge in [-0.1, -0.05) is 23.6 Å². The molecular weight excluding hydrogens is 205 g/mol. The van der Waals surface area contributed by atoms with Gasteiger partial charge < -0.3 is 5.32 Å². The average Bonchev–Trinajstić information content (AvgIpc) is 2.18. The van der Waals surface area contributed by atoms with Gasteiger partial charge in [-0.3, -0.25) is 4.79 Å². The summed E-state index contributed by atoms with van der Waals surface area (Å²) in [4.78, 5) is 11.3. The first-order chi connectivity index (χ1) is 6.66. The largest absolute Gasteiger partial charge is 0.341 e. The fourth-order valence-corrected chi connectivity index (χ4v) is 1.08. The zero-order chi connectivity index (χ0) is 10.6. The molecule has 0 unspecified atom stereocenters. The van der Waals surface area contributed by atoms with E-state index in [0.717, 1.165) is 0 Å². The standard InChI is InChI=1S/C10H7ClFNO/c1-2-6-13-10(14)7-4-3-5-8(11)9(7)12/h1,3-5H,6H2,(H,13,14). The lowest BCUT2D eigenvalue weighted by atomic mass is 10.2. The zero-order valence-electron chi connectivity index (χ0n) is 7.18. The Kier molecular flexibility index (Phi) is 3.49. The predicted octanol–water partition coefficient (Wildman–Crippen LogP) is 1.84. The van der Waals surface area contributed by atoms with Crippen molar-refractivity contribution < 1.29 is 9.18 Å². The summed E-state index contributed by atoms with van der Waals surface area (Å²) in [6, 6.07) is 4.21. The Labute approximate surface area is 86.1 Å². The first-order valence-electron chi connectivity index (χ1n) is 3.82. The summed E-state index contributed by atoms with van der Waals surface area (Å²) in [6.07, 6.45) is 4.94. The fraction of sp³-hybridized carbons (Fsp3) is 0.100. The van der Waals surface area contributed by atoms with Crippen molar-refractivity contribution in [2.45, 2.75) is 0 Å². The second-order valence-corrected chi connectivity index (χ2v) is 2.90. The molecule has 0 aliphatic rings. The number of carbonyl (C=O) groups excluding carboxylic acids is 1. The van der Waals surface area contributed by atoms with Gasteiger partial charge >= 0.3 is 0 Å². The lowest BCUT2D eigenvalue weighted by molar-refractivity contribution is 0.0954. The Morgan fingerprint density at radius 2 is 2.36 bits per heavy atom. The third-order valence-electron chi connectivity index (χ3n) is 1.55. The normalized spacial score (nSPS) is 9.21. The number of terminal acetylenes is 1. The van der Waals surface area contributed by atoms with Crippen LogP contribution in [-0.4, -0.2) is 12.5 Å². The van der Waals surface area contributed by atoms with Crippen LogP contribution in [0.3, 0.4) is 0 Å². The van der Waals surface area contributed by atoms with E-state index in [2.05, 4.69) is 11.2 Å². The van der Waals surface area contributed by atoms with Crippen molar-refractivity contribution >= 4 is 17.5 Å². The van der Waals surface area contributed by atoms with Gasteiger partial charge in [0.25, 0.3) is 5.91 Å². The molecule has 1 aromatic rings. The Balaban J connectivity index is 2.91. The van der Waals surface area contributed by atoms with E-state index in [4.69, 9.17) is 18.0 Å². The highest BCUT2D eigenvalue weighted by molar-refractivity contribution is 6.31. The number of rotatable bonds is 2. The maximum Gasteiger partial charge on any atom is 0.255 e. The Hall–Kier alpha value is -1.53. The SMILES string of the molecule is C#CCNC(=O)c1cccc(Cl)c1F. The summed E-state index contributed by atoms with van der Waals surface area (Å²) in [5.41, 5.74) is -0.104. The van der Waals surface area contributed by atoms with Gasteiger partial charge in [0.15, 0.2) is 5.82 Å². The van der Waals surface area contributed by atoms with Crippen LogP contribution < -0.4 is 5.32 Å². The lowest BCUT2D eigenvalue weighted by Gasteiger charge is -2.03. The van der Waals surface area contributed by atoms with E-state index in [0.29, 0.717) is 0 Å². The molecule has 0 saturated carbocycles. The van der Waals surface area contributed by atoms with E-state index in [1.165, 1.54) is 18.2 Å². The van der Waals surface area contributed by atoms with Crippen molar-refractivity contribution in [1.82, 2.24) is 5.32 Å². The number of benzene rings is 1. The van der Waals surface area contributed by atoms with Crippen molar-refractivity contribution in [3.8, 4) is 12.3 Å². The first-order valence-corrected chi connectivity index (χ1v) is 4.20. The molecule has 0 bridgehead atoms. The molecule has 14 heavy (non-hydrogen) atoms. The van der Waals surface area contributed by atoms with Gasteiger partial charge in [0, 0.05) is 0 Å². The quantitative estimate of drug-likeness (QED) is 0.744. The van der Waals surface area contributed by atoms with E-state index in [-0.39, 0.29) is 17.1 Å². The third kappa shape index (κ3) is 2.24. The number of nitrogens with one attached hydrogen (secondary N) is 1. The maximum atomic E-state index is 13.2. The summed E-state index contributed by atoms with van der Waals surface area (Å²) >= 11 is 5.50. The van der Waals surface area contributed by atoms with Gasteiger partial charge in [-0.2, -0.15) is 0 Å². The monoisotopic (exact) mass is 211 g/mol. The summed E-state index contributed by atoms with van der Waals surface area (Å²) < 4.78 is 13.2. The van der Waals surface area contributed by atoms with Crippen LogP contribution in [0, 0.1) is 18.2 Å². The minimum absolute atomic E-state index is 0.0603. The summed E-state index contributed by atoms with van der Waals surface area (Å²) in [5, 5.41) is 2.26. The molecule has 0 spiro atoms. The molecule has 0 aromatic heterocycles. The lowest BCUT2D eigenvalue weighted by Crippen LogP contribution is -2.24. The minimum Gasteiger partial charge on any atom is -0.341 e. The van der Waals surface area contributed by atoms with E-state index >= 15 is 0 Å². The van der Waals surface area contributed by atoms with Gasteiger partial charge in [-0.05, 0) is 12.1 Å². The molecule has 1 rings (SSSR count). The third-order valence-corrected chi connectivity index (χ3v) is 1.84. The highest BCUT2D eigenvalue weighted by Crippen LogP contribution is 2.17. The topological polar surface area (TPSA) is 29.1 Å². The van der Waals surface area contributed by atoms with Crippen LogP contribution >= 0.6 is 11.6 Å². The Morgan fingerprint density at radius 3 is 3.00 bits per heavy atom. The first kappa shape index (κ1) is 10.6. The molecule has 0 radical (unpaired) electrons. The number of carbonyl (C=O) groups is 1. The molecule has 0 atom stereocenters. The van der Waals surface area contributed by atoms with Crippen LogP contribution in [0.25, 0.3) is 0 Å². The van der Waals surface area contributed by atoms with Crippen LogP contribution in [0.2, 0.25) is 5.02 Å². The van der Waals surface area contributed by atoms with E-state index in [1.807, 2.05) is 0 Å². The van der Waals surface area contributed by atoms with Gasteiger partial charge in [-0.25, -0.2) is 4.39 Å². The van der Waals surface area contributed by atoms with Crippen molar-refractivity contribution in [3.63, 3.8) is 0 Å². The van der Waals surface area contributed by atoms with Crippen LogP contribution in [0.1, 0.15) is 10.4 Å². The van der Waals surface area contributed by atoms with E-state index < -0.39 is 11.7 Å². The van der Waals surface area contributed by atoms with E-state index in [1.54, 1.807) is 0 Å². The predicted molar refractivity (Wildman–Crippen MR) is 52.6 cm³/mol. The number of hydrogen-bond donors (Lipinski definition) is 1. The van der Waals surface area contributed by atoms with Gasteiger partial charge in [0.1, 0.15) is 0 Å². The molecule has 2 nitrogen and oxygen atoms in total. The maximum absolute atomic E-state index is 13.2. The number of halogens is 2. The molecule has 0 fully saturated rings. The van der Waals surface area contributed by atoms with Crippen LogP contribution in [-0.2, 0) is 0 Å². The van der Waals surface area contributed by atoms with Crippen LogP contribution in [0.4, 0.5) is 4.39 Å². The second kappa shape index (κ2) is 4.64. The summed E-state index contributed by atoms with van der Waals surface area (Å²) in [6.45, 7) is 0.0603. The minimum atomic E-state index is -0.733. The molecule has 72 valence electrons. The number of hydrogen-bond acceptors (Lipinski definition) is 1. The van der Waals surface area contributed by atoms with Gasteiger partial charge in [-0.15, -0.1) is 6.42 Å². The molecule has 1 N–H and O–H groups in total. The smallest absolute Gasteiger partial charge is 0.255 e. The van der Waals surface area contributed by atoms with Crippen LogP contribution in [0.15, 0.2) is 18.2 Å². The number of amides is 1. The highest BCUT2D eigenvalue weighted by Gasteiger charge is 2.12. The van der Waals surface area contributed by atoms with Crippen molar-refractivity contribution in [2.24, 2.45) is 0 Å². The average molecular weight is 212 g/mol. The molecule has 0 heterocycles. The fourth-order valence-electron chi connectivity index (χ4n) is 0.906. The molecular formula is C10H7ClFNO. The second-order valence-electron chi connectivity index (χ2n) is 2.49. The van der Waals surface area contributed by atoms with E-state index in [9.17, 15) is 9.18 Å². The molecule has 1 aromatic carbocycles. The highest BCUT2D eigenvalue weighted by atomic mass is 35.5.